The quantitative estimate of drug-likeness (QED) is 0.866. The number of halogens is 3. The molecular weight excluding hydrogens is 257 g/mol. The van der Waals surface area contributed by atoms with Crippen molar-refractivity contribution in [2.45, 2.75) is 25.9 Å². The van der Waals surface area contributed by atoms with Crippen molar-refractivity contribution in [1.82, 2.24) is 5.32 Å². The van der Waals surface area contributed by atoms with E-state index in [0.29, 0.717) is 0 Å². The summed E-state index contributed by atoms with van der Waals surface area (Å²) in [5, 5.41) is 4.67. The van der Waals surface area contributed by atoms with E-state index in [1.807, 2.05) is 37.4 Å². The monoisotopic (exact) mass is 274 g/mol. The van der Waals surface area contributed by atoms with Gasteiger partial charge >= 0.3 is 6.18 Å². The molecule has 106 valence electrons. The van der Waals surface area contributed by atoms with Crippen LogP contribution >= 0.6 is 0 Å². The van der Waals surface area contributed by atoms with Crippen LogP contribution in [0.4, 0.5) is 18.9 Å². The molecule has 0 atom stereocenters. The maximum absolute atomic E-state index is 11.9. The van der Waals surface area contributed by atoms with E-state index < -0.39 is 18.6 Å². The van der Waals surface area contributed by atoms with Crippen LogP contribution in [0.2, 0.25) is 0 Å². The lowest BCUT2D eigenvalue weighted by Crippen LogP contribution is -2.37. The van der Waals surface area contributed by atoms with Crippen LogP contribution in [0.25, 0.3) is 0 Å². The molecule has 0 heterocycles. The van der Waals surface area contributed by atoms with Gasteiger partial charge in [-0.05, 0) is 17.5 Å². The molecule has 0 fully saturated rings. The first kappa shape index (κ1) is 15.3. The Morgan fingerprint density at radius 3 is 2.47 bits per heavy atom. The van der Waals surface area contributed by atoms with Crippen LogP contribution in [0.1, 0.15) is 25.3 Å². The minimum atomic E-state index is -4.38. The van der Waals surface area contributed by atoms with Crippen molar-refractivity contribution in [1.29, 1.82) is 0 Å². The van der Waals surface area contributed by atoms with E-state index in [-0.39, 0.29) is 12.5 Å². The SMILES string of the molecule is CC(C)c1ccccc1NCC(=O)NCC(F)(F)F. The maximum Gasteiger partial charge on any atom is 0.405 e. The molecule has 0 saturated carbocycles. The lowest BCUT2D eigenvalue weighted by atomic mass is 10.0. The van der Waals surface area contributed by atoms with Crippen LogP contribution in [-0.2, 0) is 4.79 Å². The molecule has 1 aromatic carbocycles. The number of rotatable bonds is 5. The molecular formula is C13H17F3N2O. The Kier molecular flexibility index (Phi) is 5.20. The number of para-hydroxylation sites is 1. The molecule has 0 bridgehead atoms. The van der Waals surface area contributed by atoms with Gasteiger partial charge in [0.15, 0.2) is 0 Å². The summed E-state index contributed by atoms with van der Waals surface area (Å²) < 4.78 is 35.7. The Bertz CT molecular complexity index is 430. The van der Waals surface area contributed by atoms with Crippen molar-refractivity contribution in [2.75, 3.05) is 18.4 Å². The minimum Gasteiger partial charge on any atom is -0.376 e. The standard InChI is InChI=1S/C13H17F3N2O/c1-9(2)10-5-3-4-6-11(10)17-7-12(19)18-8-13(14,15)16/h3-6,9,17H,7-8H2,1-2H3,(H,18,19). The molecule has 0 unspecified atom stereocenters. The molecule has 6 heteroatoms. The largest absolute Gasteiger partial charge is 0.405 e. The van der Waals surface area contributed by atoms with Gasteiger partial charge in [0, 0.05) is 5.69 Å². The highest BCUT2D eigenvalue weighted by molar-refractivity contribution is 5.81. The Labute approximate surface area is 110 Å². The summed E-state index contributed by atoms with van der Waals surface area (Å²) >= 11 is 0. The molecule has 0 spiro atoms. The van der Waals surface area contributed by atoms with Gasteiger partial charge in [0.05, 0.1) is 6.54 Å². The van der Waals surface area contributed by atoms with Crippen molar-refractivity contribution >= 4 is 11.6 Å². The van der Waals surface area contributed by atoms with Crippen LogP contribution in [0.15, 0.2) is 24.3 Å². The molecule has 0 radical (unpaired) electrons. The normalized spacial score (nSPS) is 11.5. The second kappa shape index (κ2) is 6.45. The molecule has 19 heavy (non-hydrogen) atoms. The van der Waals surface area contributed by atoms with Gasteiger partial charge in [-0.3, -0.25) is 4.79 Å². The smallest absolute Gasteiger partial charge is 0.376 e. The third-order valence-corrected chi connectivity index (χ3v) is 2.51. The van der Waals surface area contributed by atoms with Gasteiger partial charge < -0.3 is 10.6 Å². The highest BCUT2D eigenvalue weighted by atomic mass is 19.4. The summed E-state index contributed by atoms with van der Waals surface area (Å²) in [4.78, 5) is 11.3. The number of carbonyl (C=O) groups excluding carboxylic acids is 1. The third-order valence-electron chi connectivity index (χ3n) is 2.51. The fourth-order valence-corrected chi connectivity index (χ4v) is 1.60. The van der Waals surface area contributed by atoms with Crippen LogP contribution in [-0.4, -0.2) is 25.2 Å². The first-order chi connectivity index (χ1) is 8.79. The zero-order valence-corrected chi connectivity index (χ0v) is 10.8. The predicted molar refractivity (Wildman–Crippen MR) is 68.1 cm³/mol. The van der Waals surface area contributed by atoms with Crippen molar-refractivity contribution < 1.29 is 18.0 Å². The Morgan fingerprint density at radius 1 is 1.26 bits per heavy atom. The molecule has 0 aromatic heterocycles. The summed E-state index contributed by atoms with van der Waals surface area (Å²) in [5.74, 6) is -0.419. The van der Waals surface area contributed by atoms with E-state index in [4.69, 9.17) is 0 Å². The van der Waals surface area contributed by atoms with Crippen LogP contribution in [0.3, 0.4) is 0 Å². The molecule has 0 aliphatic heterocycles. The van der Waals surface area contributed by atoms with Crippen molar-refractivity contribution in [3.05, 3.63) is 29.8 Å². The van der Waals surface area contributed by atoms with Gasteiger partial charge in [0.2, 0.25) is 5.91 Å². The fourth-order valence-electron chi connectivity index (χ4n) is 1.60. The first-order valence-electron chi connectivity index (χ1n) is 5.96. The molecule has 3 nitrogen and oxygen atoms in total. The Balaban J connectivity index is 2.51. The third kappa shape index (κ3) is 5.63. The van der Waals surface area contributed by atoms with Gasteiger partial charge in [-0.1, -0.05) is 32.0 Å². The molecule has 1 rings (SSSR count). The highest BCUT2D eigenvalue weighted by Crippen LogP contribution is 2.23. The van der Waals surface area contributed by atoms with Gasteiger partial charge in [-0.25, -0.2) is 0 Å². The minimum absolute atomic E-state index is 0.181. The van der Waals surface area contributed by atoms with Crippen molar-refractivity contribution in [2.24, 2.45) is 0 Å². The molecule has 2 N–H and O–H groups in total. The number of hydrogen-bond donors (Lipinski definition) is 2. The number of benzene rings is 1. The number of carbonyl (C=O) groups is 1. The maximum atomic E-state index is 11.9. The number of amides is 1. The number of alkyl halides is 3. The number of nitrogens with one attached hydrogen (secondary N) is 2. The zero-order chi connectivity index (χ0) is 14.5. The summed E-state index contributed by atoms with van der Waals surface area (Å²) in [6.45, 7) is 2.52. The van der Waals surface area contributed by atoms with E-state index in [2.05, 4.69) is 5.32 Å². The van der Waals surface area contributed by atoms with Crippen LogP contribution < -0.4 is 10.6 Å². The topological polar surface area (TPSA) is 41.1 Å². The van der Waals surface area contributed by atoms with E-state index in [9.17, 15) is 18.0 Å². The first-order valence-corrected chi connectivity index (χ1v) is 5.96. The van der Waals surface area contributed by atoms with Crippen LogP contribution in [0, 0.1) is 0 Å². The number of anilines is 1. The van der Waals surface area contributed by atoms with E-state index in [1.54, 1.807) is 6.07 Å². The van der Waals surface area contributed by atoms with Gasteiger partial charge in [-0.15, -0.1) is 0 Å². The Hall–Kier alpha value is -1.72. The highest BCUT2D eigenvalue weighted by Gasteiger charge is 2.27. The van der Waals surface area contributed by atoms with Gasteiger partial charge in [0.25, 0.3) is 0 Å². The molecule has 0 aliphatic rings. The Morgan fingerprint density at radius 2 is 1.89 bits per heavy atom. The fraction of sp³-hybridized carbons (Fsp3) is 0.462. The van der Waals surface area contributed by atoms with Gasteiger partial charge in [-0.2, -0.15) is 13.2 Å². The average molecular weight is 274 g/mol. The summed E-state index contributed by atoms with van der Waals surface area (Å²) in [7, 11) is 0. The summed E-state index contributed by atoms with van der Waals surface area (Å²) in [5.41, 5.74) is 1.78. The molecule has 0 aliphatic carbocycles. The lowest BCUT2D eigenvalue weighted by molar-refractivity contribution is -0.137. The van der Waals surface area contributed by atoms with Crippen molar-refractivity contribution in [3.63, 3.8) is 0 Å². The second-order valence-electron chi connectivity index (χ2n) is 4.49. The van der Waals surface area contributed by atoms with Crippen molar-refractivity contribution in [3.8, 4) is 0 Å². The summed E-state index contributed by atoms with van der Waals surface area (Å²) in [6, 6.07) is 7.40. The predicted octanol–water partition coefficient (Wildman–Crippen LogP) is 2.90. The number of hydrogen-bond acceptors (Lipinski definition) is 2. The van der Waals surface area contributed by atoms with E-state index in [0.717, 1.165) is 11.3 Å². The van der Waals surface area contributed by atoms with E-state index >= 15 is 0 Å². The van der Waals surface area contributed by atoms with E-state index in [1.165, 1.54) is 0 Å². The summed E-state index contributed by atoms with van der Waals surface area (Å²) in [6.07, 6.45) is -4.38. The second-order valence-corrected chi connectivity index (χ2v) is 4.49. The molecule has 1 amide bonds. The molecule has 0 saturated heterocycles. The lowest BCUT2D eigenvalue weighted by Gasteiger charge is -2.14. The zero-order valence-electron chi connectivity index (χ0n) is 10.8. The molecule has 1 aromatic rings. The van der Waals surface area contributed by atoms with Crippen LogP contribution in [0.5, 0.6) is 0 Å². The average Bonchev–Trinajstić information content (AvgIpc) is 2.33. The van der Waals surface area contributed by atoms with Gasteiger partial charge in [0.1, 0.15) is 6.54 Å².